The third kappa shape index (κ3) is 3.07. The molecule has 0 radical (unpaired) electrons. The summed E-state index contributed by atoms with van der Waals surface area (Å²) in [4.78, 5) is 20.4. The molecule has 1 N–H and O–H groups in total. The van der Waals surface area contributed by atoms with E-state index in [2.05, 4.69) is 43.6 Å². The van der Waals surface area contributed by atoms with Crippen LogP contribution in [-0.2, 0) is 4.74 Å². The summed E-state index contributed by atoms with van der Waals surface area (Å²) >= 11 is 0. The van der Waals surface area contributed by atoms with Gasteiger partial charge >= 0.3 is 0 Å². The maximum Gasteiger partial charge on any atom is 0.227 e. The first-order valence-corrected chi connectivity index (χ1v) is 9.87. The molecule has 8 nitrogen and oxygen atoms in total. The van der Waals surface area contributed by atoms with Gasteiger partial charge in [-0.25, -0.2) is 15.0 Å². The molecule has 146 valence electrons. The van der Waals surface area contributed by atoms with Crippen LogP contribution < -0.4 is 10.2 Å². The fourth-order valence-corrected chi connectivity index (χ4v) is 4.19. The molecule has 28 heavy (non-hydrogen) atoms. The summed E-state index contributed by atoms with van der Waals surface area (Å²) in [5.74, 6) is 2.26. The van der Waals surface area contributed by atoms with Crippen molar-refractivity contribution < 1.29 is 4.74 Å². The van der Waals surface area contributed by atoms with Crippen LogP contribution in [0.4, 0.5) is 17.6 Å². The Kier molecular flexibility index (Phi) is 4.16. The molecule has 0 saturated carbocycles. The molecule has 2 aliphatic rings. The first-order chi connectivity index (χ1) is 13.6. The maximum absolute atomic E-state index is 5.63. The van der Waals surface area contributed by atoms with Crippen molar-refractivity contribution in [3.05, 3.63) is 30.9 Å². The van der Waals surface area contributed by atoms with Crippen molar-refractivity contribution in [3.8, 4) is 0 Å². The van der Waals surface area contributed by atoms with E-state index in [9.17, 15) is 0 Å². The molecule has 0 unspecified atom stereocenters. The van der Waals surface area contributed by atoms with Gasteiger partial charge in [0.25, 0.3) is 0 Å². The minimum atomic E-state index is 0.286. The fourth-order valence-electron chi connectivity index (χ4n) is 4.19. The lowest BCUT2D eigenvalue weighted by atomic mass is 9.87. The van der Waals surface area contributed by atoms with E-state index in [1.807, 2.05) is 18.5 Å². The van der Waals surface area contributed by atoms with Crippen molar-refractivity contribution >= 4 is 28.6 Å². The van der Waals surface area contributed by atoms with Crippen molar-refractivity contribution in [2.24, 2.45) is 5.41 Å². The first-order valence-electron chi connectivity index (χ1n) is 9.87. The number of ether oxygens (including phenoxy) is 1. The molecule has 2 aliphatic heterocycles. The summed E-state index contributed by atoms with van der Waals surface area (Å²) in [6, 6.07) is 4.23. The summed E-state index contributed by atoms with van der Waals surface area (Å²) in [5.41, 5.74) is 2.24. The number of nitrogens with one attached hydrogen (secondary N) is 1. The van der Waals surface area contributed by atoms with E-state index in [1.165, 1.54) is 0 Å². The number of fused-ring (bicyclic) bond motifs is 1. The smallest absolute Gasteiger partial charge is 0.227 e. The Bertz CT molecular complexity index is 993. The molecule has 5 heterocycles. The highest BCUT2D eigenvalue weighted by atomic mass is 16.5. The lowest BCUT2D eigenvalue weighted by Crippen LogP contribution is -2.28. The zero-order chi connectivity index (χ0) is 19.1. The lowest BCUT2D eigenvalue weighted by Gasteiger charge is -2.22. The number of imidazole rings is 1. The van der Waals surface area contributed by atoms with Gasteiger partial charge in [-0.2, -0.15) is 4.98 Å². The SMILES string of the molecule is CC(C)n1cnc2cnc(Nc3ccnc(N4CC[C@]5(CCOC5)C4)n3)cc21. The van der Waals surface area contributed by atoms with Gasteiger partial charge in [-0.15, -0.1) is 0 Å². The molecule has 5 rings (SSSR count). The Morgan fingerprint density at radius 1 is 1.18 bits per heavy atom. The van der Waals surface area contributed by atoms with Crippen molar-refractivity contribution in [2.45, 2.75) is 32.7 Å². The van der Waals surface area contributed by atoms with Crippen molar-refractivity contribution in [2.75, 3.05) is 36.5 Å². The summed E-state index contributed by atoms with van der Waals surface area (Å²) in [5, 5.41) is 3.32. The Morgan fingerprint density at radius 3 is 2.93 bits per heavy atom. The molecule has 0 bridgehead atoms. The van der Waals surface area contributed by atoms with Gasteiger partial charge in [0.05, 0.1) is 24.6 Å². The maximum atomic E-state index is 5.63. The van der Waals surface area contributed by atoms with Gasteiger partial charge < -0.3 is 19.5 Å². The average Bonchev–Trinajstić information content (AvgIpc) is 3.43. The number of hydrogen-bond donors (Lipinski definition) is 1. The van der Waals surface area contributed by atoms with Gasteiger partial charge in [-0.3, -0.25) is 0 Å². The van der Waals surface area contributed by atoms with Crippen molar-refractivity contribution in [1.82, 2.24) is 24.5 Å². The van der Waals surface area contributed by atoms with E-state index < -0.39 is 0 Å². The minimum absolute atomic E-state index is 0.286. The highest BCUT2D eigenvalue weighted by Crippen LogP contribution is 2.39. The van der Waals surface area contributed by atoms with E-state index in [0.29, 0.717) is 6.04 Å². The van der Waals surface area contributed by atoms with Gasteiger partial charge in [0.1, 0.15) is 17.2 Å². The highest BCUT2D eigenvalue weighted by Gasteiger charge is 2.42. The van der Waals surface area contributed by atoms with Gasteiger partial charge in [-0.05, 0) is 32.8 Å². The van der Waals surface area contributed by atoms with Crippen LogP contribution in [0.3, 0.4) is 0 Å². The topological polar surface area (TPSA) is 81.0 Å². The zero-order valence-electron chi connectivity index (χ0n) is 16.3. The number of hydrogen-bond acceptors (Lipinski definition) is 7. The monoisotopic (exact) mass is 379 g/mol. The Balaban J connectivity index is 1.37. The van der Waals surface area contributed by atoms with E-state index in [4.69, 9.17) is 9.72 Å². The standard InChI is InChI=1S/C20H25N7O/c1-14(2)27-13-23-15-10-22-18(9-16(15)27)24-17-3-6-21-19(25-17)26-7-4-20(11-26)5-8-28-12-20/h3,6,9-10,13-14H,4-5,7-8,11-12H2,1-2H3,(H,21,22,24,25)/t20-/m0/s1. The van der Waals surface area contributed by atoms with Crippen LogP contribution in [0.5, 0.6) is 0 Å². The second-order valence-electron chi connectivity index (χ2n) is 8.14. The molecule has 8 heteroatoms. The summed E-state index contributed by atoms with van der Waals surface area (Å²) in [7, 11) is 0. The van der Waals surface area contributed by atoms with Gasteiger partial charge in [0.2, 0.25) is 5.95 Å². The van der Waals surface area contributed by atoms with Gasteiger partial charge in [-0.1, -0.05) is 0 Å². The van der Waals surface area contributed by atoms with Crippen LogP contribution in [0.15, 0.2) is 30.9 Å². The van der Waals surface area contributed by atoms with Crippen LogP contribution in [0.1, 0.15) is 32.7 Å². The molecule has 0 aliphatic carbocycles. The summed E-state index contributed by atoms with van der Waals surface area (Å²) < 4.78 is 7.77. The number of rotatable bonds is 4. The number of anilines is 3. The van der Waals surface area contributed by atoms with Gasteiger partial charge in [0.15, 0.2) is 0 Å². The van der Waals surface area contributed by atoms with Gasteiger partial charge in [0, 0.05) is 43.4 Å². The normalized spacial score (nSPS) is 22.0. The molecule has 2 saturated heterocycles. The van der Waals surface area contributed by atoms with Crippen molar-refractivity contribution in [1.29, 1.82) is 0 Å². The summed E-state index contributed by atoms with van der Waals surface area (Å²) in [6.45, 7) is 7.96. The second-order valence-corrected chi connectivity index (χ2v) is 8.14. The fraction of sp³-hybridized carbons (Fsp3) is 0.500. The zero-order valence-corrected chi connectivity index (χ0v) is 16.3. The molecule has 0 aromatic carbocycles. The number of aromatic nitrogens is 5. The molecule has 3 aromatic heterocycles. The Hall–Kier alpha value is -2.74. The summed E-state index contributed by atoms with van der Waals surface area (Å²) in [6.07, 6.45) is 7.74. The third-order valence-corrected chi connectivity index (χ3v) is 5.82. The van der Waals surface area contributed by atoms with Crippen LogP contribution in [0.2, 0.25) is 0 Å². The van der Waals surface area contributed by atoms with E-state index in [1.54, 1.807) is 12.4 Å². The number of nitrogens with zero attached hydrogens (tertiary/aromatic N) is 6. The molecular formula is C20H25N7O. The quantitative estimate of drug-likeness (QED) is 0.746. The second kappa shape index (κ2) is 6.70. The predicted molar refractivity (Wildman–Crippen MR) is 108 cm³/mol. The molecular weight excluding hydrogens is 354 g/mol. The Morgan fingerprint density at radius 2 is 2.11 bits per heavy atom. The lowest BCUT2D eigenvalue weighted by molar-refractivity contribution is 0.160. The first kappa shape index (κ1) is 17.4. The van der Waals surface area contributed by atoms with Crippen LogP contribution >= 0.6 is 0 Å². The third-order valence-electron chi connectivity index (χ3n) is 5.82. The highest BCUT2D eigenvalue weighted by molar-refractivity contribution is 5.78. The Labute approximate surface area is 164 Å². The minimum Gasteiger partial charge on any atom is -0.381 e. The number of pyridine rings is 1. The molecule has 3 aromatic rings. The molecule has 1 atom stereocenters. The van der Waals surface area contributed by atoms with E-state index in [0.717, 1.165) is 67.8 Å². The van der Waals surface area contributed by atoms with Crippen molar-refractivity contribution in [3.63, 3.8) is 0 Å². The van der Waals surface area contributed by atoms with Crippen LogP contribution in [0, 0.1) is 5.41 Å². The van der Waals surface area contributed by atoms with E-state index in [-0.39, 0.29) is 5.41 Å². The molecule has 2 fully saturated rings. The largest absolute Gasteiger partial charge is 0.381 e. The average molecular weight is 379 g/mol. The van der Waals surface area contributed by atoms with Crippen LogP contribution in [-0.4, -0.2) is 50.8 Å². The predicted octanol–water partition coefficient (Wildman–Crippen LogP) is 3.16. The van der Waals surface area contributed by atoms with Crippen LogP contribution in [0.25, 0.3) is 11.0 Å². The molecule has 0 amide bonds. The van der Waals surface area contributed by atoms with E-state index >= 15 is 0 Å². The molecule has 1 spiro atoms.